The second kappa shape index (κ2) is 11.2. The fourth-order valence-electron chi connectivity index (χ4n) is 3.92. The number of nitrogens with zero attached hydrogens (tertiary/aromatic N) is 3. The molecule has 0 spiro atoms. The van der Waals surface area contributed by atoms with Crippen LogP contribution in [-0.4, -0.2) is 77.1 Å². The van der Waals surface area contributed by atoms with Gasteiger partial charge in [0.1, 0.15) is 0 Å². The largest absolute Gasteiger partial charge is 0.481 e. The molecule has 0 aliphatic carbocycles. The molecule has 3 aromatic heterocycles. The van der Waals surface area contributed by atoms with Crippen LogP contribution in [0.5, 0.6) is 0 Å². The molecule has 0 unspecified atom stereocenters. The third-order valence-electron chi connectivity index (χ3n) is 5.63. The molecule has 4 heterocycles. The van der Waals surface area contributed by atoms with E-state index < -0.39 is 36.4 Å². The van der Waals surface area contributed by atoms with Crippen LogP contribution in [0.3, 0.4) is 0 Å². The van der Waals surface area contributed by atoms with Crippen LogP contribution >= 0.6 is 11.3 Å². The lowest BCUT2D eigenvalue weighted by Gasteiger charge is -2.31. The Balaban J connectivity index is 0.000000218. The number of thiophene rings is 1. The summed E-state index contributed by atoms with van der Waals surface area (Å²) in [6.45, 7) is 3.39. The number of carboxylic acid groups (broad SMARTS) is 3. The minimum atomic E-state index is -2.74. The van der Waals surface area contributed by atoms with Crippen molar-refractivity contribution in [1.29, 1.82) is 0 Å². The average Bonchev–Trinajstić information content (AvgIpc) is 3.43. The lowest BCUT2D eigenvalue weighted by Crippen LogP contribution is -2.42. The van der Waals surface area contributed by atoms with Gasteiger partial charge in [-0.1, -0.05) is 0 Å². The summed E-state index contributed by atoms with van der Waals surface area (Å²) in [7, 11) is 0. The fourth-order valence-corrected chi connectivity index (χ4v) is 4.58. The Morgan fingerprint density at radius 2 is 1.79 bits per heavy atom. The minimum Gasteiger partial charge on any atom is -0.481 e. The monoisotopic (exact) mass is 490 g/mol. The van der Waals surface area contributed by atoms with Crippen LogP contribution in [-0.2, 0) is 20.9 Å². The molecule has 0 bridgehead atoms. The Labute approximate surface area is 198 Å². The molecule has 1 aliphatic rings. The number of hydrogen-bond donors (Lipinski definition) is 5. The number of aromatic nitrogens is 3. The highest BCUT2D eigenvalue weighted by Crippen LogP contribution is 2.31. The molecule has 0 radical (unpaired) electrons. The second-order valence-corrected chi connectivity index (χ2v) is 8.95. The molecule has 12 heteroatoms. The maximum atomic E-state index is 10.3. The number of pyridine rings is 1. The van der Waals surface area contributed by atoms with Crippen molar-refractivity contribution in [2.24, 2.45) is 0 Å². The van der Waals surface area contributed by atoms with Gasteiger partial charge < -0.3 is 20.4 Å². The lowest BCUT2D eigenvalue weighted by atomic mass is 9.92. The van der Waals surface area contributed by atoms with Crippen LogP contribution in [0, 0.1) is 0 Å². The minimum absolute atomic E-state index is 0.581. The SMILES string of the molecule is O=C(O)CC(O)(CC(=O)O)C(=O)O.c1cnc2n[nH]c(C3CCN(Cc4ccsc4)CC3)c2c1. The average molecular weight is 491 g/mol. The third kappa shape index (κ3) is 6.59. The molecule has 3 aromatic rings. The van der Waals surface area contributed by atoms with Crippen molar-refractivity contribution in [2.75, 3.05) is 13.1 Å². The number of aliphatic carboxylic acids is 3. The molecular formula is C22H26N4O7S. The summed E-state index contributed by atoms with van der Waals surface area (Å²) in [4.78, 5) is 37.3. The van der Waals surface area contributed by atoms with Gasteiger partial charge in [0.05, 0.1) is 12.8 Å². The number of hydrogen-bond acceptors (Lipinski definition) is 8. The van der Waals surface area contributed by atoms with E-state index in [4.69, 9.17) is 20.4 Å². The first-order chi connectivity index (χ1) is 16.2. The number of aromatic amines is 1. The van der Waals surface area contributed by atoms with E-state index in [1.54, 1.807) is 17.5 Å². The van der Waals surface area contributed by atoms with Gasteiger partial charge in [-0.25, -0.2) is 9.78 Å². The van der Waals surface area contributed by atoms with Crippen LogP contribution in [0.2, 0.25) is 0 Å². The van der Waals surface area contributed by atoms with Gasteiger partial charge in [-0.15, -0.1) is 0 Å². The molecule has 1 saturated heterocycles. The molecule has 34 heavy (non-hydrogen) atoms. The topological polar surface area (TPSA) is 177 Å². The van der Waals surface area contributed by atoms with Crippen molar-refractivity contribution in [1.82, 2.24) is 20.1 Å². The quantitative estimate of drug-likeness (QED) is 0.314. The van der Waals surface area contributed by atoms with Gasteiger partial charge >= 0.3 is 17.9 Å². The Kier molecular flexibility index (Phi) is 8.31. The molecule has 0 aromatic carbocycles. The van der Waals surface area contributed by atoms with E-state index in [1.165, 1.54) is 29.5 Å². The van der Waals surface area contributed by atoms with E-state index in [0.29, 0.717) is 5.92 Å². The summed E-state index contributed by atoms with van der Waals surface area (Å²) in [6.07, 6.45) is 1.90. The molecule has 0 saturated carbocycles. The van der Waals surface area contributed by atoms with Crippen LogP contribution in [0.4, 0.5) is 0 Å². The highest BCUT2D eigenvalue weighted by Gasteiger charge is 2.40. The highest BCUT2D eigenvalue weighted by atomic mass is 32.1. The van der Waals surface area contributed by atoms with Crippen molar-refractivity contribution in [2.45, 2.75) is 43.7 Å². The zero-order valence-corrected chi connectivity index (χ0v) is 19.1. The number of likely N-dealkylation sites (tertiary alicyclic amines) is 1. The van der Waals surface area contributed by atoms with E-state index in [2.05, 4.69) is 43.0 Å². The van der Waals surface area contributed by atoms with Gasteiger partial charge in [0.2, 0.25) is 0 Å². The van der Waals surface area contributed by atoms with E-state index >= 15 is 0 Å². The van der Waals surface area contributed by atoms with Gasteiger partial charge in [0.25, 0.3) is 0 Å². The molecule has 0 atom stereocenters. The predicted octanol–water partition coefficient (Wildman–Crippen LogP) is 2.15. The van der Waals surface area contributed by atoms with Crippen LogP contribution in [0.15, 0.2) is 35.2 Å². The zero-order valence-electron chi connectivity index (χ0n) is 18.3. The summed E-state index contributed by atoms with van der Waals surface area (Å²) in [6, 6.07) is 6.34. The molecule has 182 valence electrons. The Hall–Kier alpha value is -3.35. The Morgan fingerprint density at radius 3 is 2.35 bits per heavy atom. The summed E-state index contributed by atoms with van der Waals surface area (Å²) < 4.78 is 0. The first-order valence-electron chi connectivity index (χ1n) is 10.6. The van der Waals surface area contributed by atoms with E-state index in [9.17, 15) is 14.4 Å². The van der Waals surface area contributed by atoms with E-state index in [0.717, 1.165) is 25.3 Å². The van der Waals surface area contributed by atoms with Gasteiger partial charge in [-0.2, -0.15) is 16.4 Å². The lowest BCUT2D eigenvalue weighted by molar-refractivity contribution is -0.170. The van der Waals surface area contributed by atoms with Gasteiger partial charge in [0.15, 0.2) is 11.2 Å². The maximum absolute atomic E-state index is 10.3. The molecule has 4 rings (SSSR count). The number of H-pyrrole nitrogens is 1. The predicted molar refractivity (Wildman–Crippen MR) is 123 cm³/mol. The molecular weight excluding hydrogens is 464 g/mol. The van der Waals surface area contributed by atoms with Crippen LogP contribution < -0.4 is 0 Å². The van der Waals surface area contributed by atoms with Crippen molar-refractivity contribution in [3.05, 3.63) is 46.4 Å². The summed E-state index contributed by atoms with van der Waals surface area (Å²) in [5, 5.41) is 46.9. The first-order valence-corrected chi connectivity index (χ1v) is 11.5. The third-order valence-corrected chi connectivity index (χ3v) is 6.36. The smallest absolute Gasteiger partial charge is 0.336 e. The van der Waals surface area contributed by atoms with Crippen LogP contribution in [0.25, 0.3) is 11.0 Å². The number of rotatable bonds is 8. The molecule has 5 N–H and O–H groups in total. The molecule has 1 fully saturated rings. The van der Waals surface area contributed by atoms with Crippen molar-refractivity contribution in [3.8, 4) is 0 Å². The van der Waals surface area contributed by atoms with Crippen molar-refractivity contribution < 1.29 is 34.8 Å². The molecule has 1 aliphatic heterocycles. The standard InChI is InChI=1S/C16H18N4S.C6H8O7/c1-2-14-15(18-19-16(14)17-6-1)13-3-7-20(8-4-13)10-12-5-9-21-11-12;7-3(8)1-6(13,5(11)12)2-4(9)10/h1-2,5-6,9,11,13H,3-4,7-8,10H2,(H,17,18,19);13H,1-2H2,(H,7,8)(H,9,10)(H,11,12). The molecule has 0 amide bonds. The number of aliphatic hydroxyl groups is 1. The van der Waals surface area contributed by atoms with Gasteiger partial charge in [-0.3, -0.25) is 19.6 Å². The van der Waals surface area contributed by atoms with Crippen molar-refractivity contribution >= 4 is 40.3 Å². The van der Waals surface area contributed by atoms with Crippen molar-refractivity contribution in [3.63, 3.8) is 0 Å². The van der Waals surface area contributed by atoms with E-state index in [1.807, 2.05) is 6.07 Å². The van der Waals surface area contributed by atoms with Gasteiger partial charge in [0, 0.05) is 29.7 Å². The summed E-state index contributed by atoms with van der Waals surface area (Å²) in [5.74, 6) is -4.44. The Bertz CT molecular complexity index is 1110. The summed E-state index contributed by atoms with van der Waals surface area (Å²) in [5.41, 5.74) is 0.814. The Morgan fingerprint density at radius 1 is 1.12 bits per heavy atom. The first kappa shape index (κ1) is 25.3. The fraction of sp³-hybridized carbons (Fsp3) is 0.409. The highest BCUT2D eigenvalue weighted by molar-refractivity contribution is 7.07. The number of fused-ring (bicyclic) bond motifs is 1. The second-order valence-electron chi connectivity index (χ2n) is 8.17. The number of carbonyl (C=O) groups is 3. The normalized spacial score (nSPS) is 15.0. The van der Waals surface area contributed by atoms with Crippen LogP contribution in [0.1, 0.15) is 42.9 Å². The number of carboxylic acids is 3. The van der Waals surface area contributed by atoms with E-state index in [-0.39, 0.29) is 0 Å². The number of nitrogens with one attached hydrogen (secondary N) is 1. The number of piperidine rings is 1. The zero-order chi connectivity index (χ0) is 24.7. The summed E-state index contributed by atoms with van der Waals surface area (Å²) >= 11 is 1.78. The maximum Gasteiger partial charge on any atom is 0.336 e. The molecule has 11 nitrogen and oxygen atoms in total. The van der Waals surface area contributed by atoms with Gasteiger partial charge in [-0.05, 0) is 60.5 Å².